The molecule has 6 heteroatoms. The molecule has 2 rings (SSSR count). The highest BCUT2D eigenvalue weighted by Crippen LogP contribution is 2.39. The number of hydrogen-bond acceptors (Lipinski definition) is 2. The second kappa shape index (κ2) is 4.27. The fourth-order valence-electron chi connectivity index (χ4n) is 1.31. The van der Waals surface area contributed by atoms with Crippen molar-refractivity contribution < 1.29 is 0 Å². The Morgan fingerprint density at radius 3 is 2.38 bits per heavy atom. The zero-order chi connectivity index (χ0) is 11.9. The second-order valence-corrected chi connectivity index (χ2v) is 4.55. The van der Waals surface area contributed by atoms with E-state index >= 15 is 0 Å². The normalized spacial score (nSPS) is 10.4. The Hall–Kier alpha value is -0.720. The first-order valence-corrected chi connectivity index (χ1v) is 5.59. The predicted molar refractivity (Wildman–Crippen MR) is 66.5 cm³/mol. The van der Waals surface area contributed by atoms with Gasteiger partial charge in [0.15, 0.2) is 0 Å². The summed E-state index contributed by atoms with van der Waals surface area (Å²) in [7, 11) is 0. The van der Waals surface area contributed by atoms with Crippen molar-refractivity contribution in [2.45, 2.75) is 0 Å². The molecule has 0 radical (unpaired) electrons. The van der Waals surface area contributed by atoms with Crippen molar-refractivity contribution in [1.82, 2.24) is 4.98 Å². The van der Waals surface area contributed by atoms with Gasteiger partial charge in [-0.25, -0.2) is 0 Å². The van der Waals surface area contributed by atoms with Crippen LogP contribution < -0.4 is 0 Å². The molecule has 1 heterocycles. The van der Waals surface area contributed by atoms with Crippen LogP contribution in [0.1, 0.15) is 5.56 Å². The zero-order valence-electron chi connectivity index (χ0n) is 7.56. The molecule has 0 aliphatic rings. The van der Waals surface area contributed by atoms with E-state index in [2.05, 4.69) is 4.98 Å². The lowest BCUT2D eigenvalue weighted by atomic mass is 10.1. The number of nitriles is 1. The van der Waals surface area contributed by atoms with Gasteiger partial charge >= 0.3 is 0 Å². The van der Waals surface area contributed by atoms with Crippen LogP contribution in [0.3, 0.4) is 0 Å². The molecule has 0 aliphatic carbocycles. The van der Waals surface area contributed by atoms with Gasteiger partial charge in [-0.3, -0.25) is 4.98 Å². The highest BCUT2D eigenvalue weighted by molar-refractivity contribution is 6.50. The molecule has 0 N–H and O–H groups in total. The summed E-state index contributed by atoms with van der Waals surface area (Å²) in [5.41, 5.74) is 0.662. The van der Waals surface area contributed by atoms with Crippen LogP contribution in [0.4, 0.5) is 0 Å². The van der Waals surface area contributed by atoms with Gasteiger partial charge in [0, 0.05) is 11.6 Å². The van der Waals surface area contributed by atoms with Crippen LogP contribution in [0.15, 0.2) is 12.3 Å². The van der Waals surface area contributed by atoms with Gasteiger partial charge in [-0.2, -0.15) is 5.26 Å². The number of benzene rings is 1. The summed E-state index contributed by atoms with van der Waals surface area (Å²) < 4.78 is 0. The molecule has 0 unspecified atom stereocenters. The fourth-order valence-corrected chi connectivity index (χ4v) is 2.38. The molecule has 0 aliphatic heterocycles. The zero-order valence-corrected chi connectivity index (χ0v) is 10.6. The molecule has 2 nitrogen and oxygen atoms in total. The minimum atomic E-state index is 0.210. The number of nitrogens with zero attached hydrogens (tertiary/aromatic N) is 2. The molecule has 0 saturated carbocycles. The molecule has 80 valence electrons. The van der Waals surface area contributed by atoms with Crippen molar-refractivity contribution in [2.75, 3.05) is 0 Å². The highest BCUT2D eigenvalue weighted by atomic mass is 35.5. The Morgan fingerprint density at radius 2 is 1.75 bits per heavy atom. The van der Waals surface area contributed by atoms with Gasteiger partial charge in [0.2, 0.25) is 0 Å². The number of halogens is 4. The van der Waals surface area contributed by atoms with Gasteiger partial charge in [0.25, 0.3) is 0 Å². The minimum Gasteiger partial charge on any atom is -0.253 e. The summed E-state index contributed by atoms with van der Waals surface area (Å²) in [6.45, 7) is 0. The maximum atomic E-state index is 8.82. The summed E-state index contributed by atoms with van der Waals surface area (Å²) in [5, 5.41) is 10.3. The van der Waals surface area contributed by atoms with E-state index in [0.717, 1.165) is 0 Å². The quantitative estimate of drug-likeness (QED) is 0.659. The molecule has 2 aromatic rings. The van der Waals surface area contributed by atoms with Gasteiger partial charge in [-0.15, -0.1) is 0 Å². The van der Waals surface area contributed by atoms with Gasteiger partial charge in [0.05, 0.1) is 31.2 Å². The lowest BCUT2D eigenvalue weighted by molar-refractivity contribution is 1.37. The van der Waals surface area contributed by atoms with Gasteiger partial charge < -0.3 is 0 Å². The molecular formula is C10H2Cl4N2. The molecule has 0 spiro atoms. The summed E-state index contributed by atoms with van der Waals surface area (Å²) in [5.74, 6) is 0. The lowest BCUT2D eigenvalue weighted by Gasteiger charge is -2.07. The van der Waals surface area contributed by atoms with Crippen LogP contribution in [-0.2, 0) is 0 Å². The topological polar surface area (TPSA) is 36.7 Å². The number of rotatable bonds is 0. The van der Waals surface area contributed by atoms with E-state index in [1.807, 2.05) is 6.07 Å². The van der Waals surface area contributed by atoms with Crippen molar-refractivity contribution in [3.05, 3.63) is 37.9 Å². The third-order valence-corrected chi connectivity index (χ3v) is 3.51. The van der Waals surface area contributed by atoms with Crippen molar-refractivity contribution in [1.29, 1.82) is 5.26 Å². The fraction of sp³-hybridized carbons (Fsp3) is 0. The number of pyridine rings is 1. The average Bonchev–Trinajstić information content (AvgIpc) is 2.26. The largest absolute Gasteiger partial charge is 0.253 e. The van der Waals surface area contributed by atoms with Crippen LogP contribution in [-0.4, -0.2) is 4.98 Å². The monoisotopic (exact) mass is 290 g/mol. The van der Waals surface area contributed by atoms with Crippen molar-refractivity contribution in [3.8, 4) is 6.07 Å². The Bertz CT molecular complexity index is 631. The third-order valence-electron chi connectivity index (χ3n) is 2.04. The molecular weight excluding hydrogens is 290 g/mol. The maximum Gasteiger partial charge on any atom is 0.102 e. The first-order valence-electron chi connectivity index (χ1n) is 4.08. The molecule has 0 saturated heterocycles. The lowest BCUT2D eigenvalue weighted by Crippen LogP contribution is -1.88. The minimum absolute atomic E-state index is 0.210. The molecule has 0 atom stereocenters. The number of fused-ring (bicyclic) bond motifs is 1. The first-order chi connectivity index (χ1) is 7.56. The van der Waals surface area contributed by atoms with Crippen molar-refractivity contribution in [3.63, 3.8) is 0 Å². The van der Waals surface area contributed by atoms with E-state index in [4.69, 9.17) is 51.7 Å². The molecule has 1 aromatic heterocycles. The van der Waals surface area contributed by atoms with Crippen molar-refractivity contribution >= 4 is 57.3 Å². The van der Waals surface area contributed by atoms with Crippen LogP contribution in [0, 0.1) is 11.3 Å². The number of hydrogen-bond donors (Lipinski definition) is 0. The van der Waals surface area contributed by atoms with Gasteiger partial charge in [-0.05, 0) is 6.07 Å². The molecule has 0 bridgehead atoms. The molecule has 1 aromatic carbocycles. The van der Waals surface area contributed by atoms with E-state index in [0.29, 0.717) is 15.9 Å². The summed E-state index contributed by atoms with van der Waals surface area (Å²) in [6, 6.07) is 3.40. The molecule has 0 amide bonds. The van der Waals surface area contributed by atoms with Gasteiger partial charge in [-0.1, -0.05) is 46.4 Å². The van der Waals surface area contributed by atoms with E-state index in [-0.39, 0.29) is 20.6 Å². The summed E-state index contributed by atoms with van der Waals surface area (Å²) in [6.07, 6.45) is 1.35. The number of aromatic nitrogens is 1. The Labute approximate surface area is 111 Å². The highest BCUT2D eigenvalue weighted by Gasteiger charge is 2.15. The smallest absolute Gasteiger partial charge is 0.102 e. The average molecular weight is 292 g/mol. The third kappa shape index (κ3) is 1.70. The Morgan fingerprint density at radius 1 is 1.06 bits per heavy atom. The van der Waals surface area contributed by atoms with Crippen LogP contribution in [0.2, 0.25) is 20.1 Å². The van der Waals surface area contributed by atoms with E-state index in [1.165, 1.54) is 12.3 Å². The maximum absolute atomic E-state index is 8.82. The summed E-state index contributed by atoms with van der Waals surface area (Å²) >= 11 is 23.9. The SMILES string of the molecule is N#Cc1cnc2c(Cl)cc(Cl)c(Cl)c2c1Cl. The van der Waals surface area contributed by atoms with E-state index < -0.39 is 0 Å². The standard InChI is InChI=1S/C10H2Cl4N2/c11-5-1-6(12)10-7(9(5)14)8(13)4(2-15)3-16-10/h1,3H. The van der Waals surface area contributed by atoms with Crippen LogP contribution >= 0.6 is 46.4 Å². The van der Waals surface area contributed by atoms with Crippen LogP contribution in [0.5, 0.6) is 0 Å². The van der Waals surface area contributed by atoms with Gasteiger partial charge in [0.1, 0.15) is 6.07 Å². The Kier molecular flexibility index (Phi) is 3.14. The van der Waals surface area contributed by atoms with Crippen molar-refractivity contribution in [2.24, 2.45) is 0 Å². The first kappa shape index (κ1) is 11.8. The summed E-state index contributed by atoms with van der Waals surface area (Å²) in [4.78, 5) is 4.03. The second-order valence-electron chi connectivity index (χ2n) is 2.98. The predicted octanol–water partition coefficient (Wildman–Crippen LogP) is 4.72. The van der Waals surface area contributed by atoms with E-state index in [9.17, 15) is 0 Å². The molecule has 16 heavy (non-hydrogen) atoms. The van der Waals surface area contributed by atoms with Crippen LogP contribution in [0.25, 0.3) is 10.9 Å². The Balaban J connectivity index is 3.04. The van der Waals surface area contributed by atoms with E-state index in [1.54, 1.807) is 0 Å². The molecule has 0 fully saturated rings.